The van der Waals surface area contributed by atoms with E-state index in [0.717, 1.165) is 45.2 Å². The van der Waals surface area contributed by atoms with Crippen LogP contribution >= 0.6 is 0 Å². The Hall–Kier alpha value is -0.160. The van der Waals surface area contributed by atoms with Crippen molar-refractivity contribution in [3.05, 3.63) is 0 Å². The summed E-state index contributed by atoms with van der Waals surface area (Å²) in [5, 5.41) is 13.0. The third-order valence-electron chi connectivity index (χ3n) is 3.68. The Bertz CT molecular complexity index is 220. The van der Waals surface area contributed by atoms with Gasteiger partial charge in [-0.1, -0.05) is 6.92 Å². The van der Waals surface area contributed by atoms with Crippen molar-refractivity contribution in [1.29, 1.82) is 0 Å². The number of aliphatic hydroxyl groups excluding tert-OH is 1. The molecule has 18 heavy (non-hydrogen) atoms. The molecule has 108 valence electrons. The fourth-order valence-corrected chi connectivity index (χ4v) is 2.62. The van der Waals surface area contributed by atoms with Crippen molar-refractivity contribution in [3.63, 3.8) is 0 Å². The highest BCUT2D eigenvalue weighted by atomic mass is 16.5. The van der Waals surface area contributed by atoms with Crippen LogP contribution in [0.5, 0.6) is 0 Å². The van der Waals surface area contributed by atoms with E-state index in [1.54, 1.807) is 0 Å². The minimum atomic E-state index is -0.185. The molecule has 1 unspecified atom stereocenters. The lowest BCUT2D eigenvalue weighted by molar-refractivity contribution is 0.0491. The summed E-state index contributed by atoms with van der Waals surface area (Å²) in [5.74, 6) is 0.748. The Kier molecular flexibility index (Phi) is 7.15. The van der Waals surface area contributed by atoms with E-state index in [2.05, 4.69) is 31.1 Å². The zero-order valence-electron chi connectivity index (χ0n) is 12.2. The first-order valence-electron chi connectivity index (χ1n) is 7.22. The van der Waals surface area contributed by atoms with Gasteiger partial charge in [-0.05, 0) is 45.7 Å². The minimum absolute atomic E-state index is 0.185. The second kappa shape index (κ2) is 8.10. The summed E-state index contributed by atoms with van der Waals surface area (Å²) in [4.78, 5) is 2.34. The van der Waals surface area contributed by atoms with Crippen molar-refractivity contribution in [2.45, 2.75) is 38.6 Å². The molecule has 1 atom stereocenters. The van der Waals surface area contributed by atoms with Crippen molar-refractivity contribution < 1.29 is 9.84 Å². The smallest absolute Gasteiger partial charge is 0.0623 e. The van der Waals surface area contributed by atoms with Gasteiger partial charge in [0.1, 0.15) is 0 Å². The lowest BCUT2D eigenvalue weighted by Crippen LogP contribution is -2.54. The highest BCUT2D eigenvalue weighted by Crippen LogP contribution is 2.16. The summed E-state index contributed by atoms with van der Waals surface area (Å²) in [6.45, 7) is 9.20. The molecule has 4 heteroatoms. The molecular weight excluding hydrogens is 228 g/mol. The quantitative estimate of drug-likeness (QED) is 0.684. The van der Waals surface area contributed by atoms with Gasteiger partial charge in [-0.3, -0.25) is 0 Å². The second-order valence-corrected chi connectivity index (χ2v) is 5.90. The lowest BCUT2D eigenvalue weighted by atomic mass is 9.98. The second-order valence-electron chi connectivity index (χ2n) is 5.90. The van der Waals surface area contributed by atoms with Crippen LogP contribution in [0.4, 0.5) is 0 Å². The molecule has 1 aliphatic heterocycles. The van der Waals surface area contributed by atoms with Gasteiger partial charge in [-0.2, -0.15) is 0 Å². The van der Waals surface area contributed by atoms with Crippen LogP contribution in [0, 0.1) is 5.92 Å². The molecule has 0 aromatic rings. The molecule has 1 aliphatic rings. The van der Waals surface area contributed by atoms with Crippen molar-refractivity contribution in [2.24, 2.45) is 5.92 Å². The number of ether oxygens (including phenoxy) is 1. The van der Waals surface area contributed by atoms with E-state index in [1.807, 2.05) is 0 Å². The highest BCUT2D eigenvalue weighted by Gasteiger charge is 2.25. The standard InChI is InChI=1S/C14H30N2O2/c1-4-7-15-14(2,12-17)11-16(3)10-13-5-8-18-9-6-13/h13,15,17H,4-12H2,1-3H3. The molecule has 0 aliphatic carbocycles. The Labute approximate surface area is 112 Å². The van der Waals surface area contributed by atoms with Crippen molar-refractivity contribution >= 4 is 0 Å². The number of nitrogens with zero attached hydrogens (tertiary/aromatic N) is 1. The monoisotopic (exact) mass is 258 g/mol. The van der Waals surface area contributed by atoms with Gasteiger partial charge in [0.15, 0.2) is 0 Å². The van der Waals surface area contributed by atoms with Crippen LogP contribution in [0.1, 0.15) is 33.1 Å². The molecule has 2 N–H and O–H groups in total. The molecule has 0 aromatic heterocycles. The molecule has 1 fully saturated rings. The van der Waals surface area contributed by atoms with Crippen LogP contribution in [0.3, 0.4) is 0 Å². The van der Waals surface area contributed by atoms with Gasteiger partial charge in [-0.15, -0.1) is 0 Å². The Balaban J connectivity index is 2.33. The summed E-state index contributed by atoms with van der Waals surface area (Å²) in [6.07, 6.45) is 3.43. The van der Waals surface area contributed by atoms with Gasteiger partial charge in [0, 0.05) is 26.3 Å². The van der Waals surface area contributed by atoms with E-state index in [4.69, 9.17) is 4.74 Å². The van der Waals surface area contributed by atoms with E-state index in [1.165, 1.54) is 12.8 Å². The molecule has 1 heterocycles. The van der Waals surface area contributed by atoms with Gasteiger partial charge in [0.25, 0.3) is 0 Å². The van der Waals surface area contributed by atoms with Crippen LogP contribution in [-0.2, 0) is 4.74 Å². The van der Waals surface area contributed by atoms with E-state index >= 15 is 0 Å². The predicted molar refractivity (Wildman–Crippen MR) is 74.8 cm³/mol. The molecule has 4 nitrogen and oxygen atoms in total. The maximum absolute atomic E-state index is 9.56. The molecule has 0 amide bonds. The van der Waals surface area contributed by atoms with Crippen LogP contribution in [0.25, 0.3) is 0 Å². The van der Waals surface area contributed by atoms with Crippen molar-refractivity contribution in [3.8, 4) is 0 Å². The average Bonchev–Trinajstić information content (AvgIpc) is 2.37. The highest BCUT2D eigenvalue weighted by molar-refractivity contribution is 4.85. The van der Waals surface area contributed by atoms with Crippen molar-refractivity contribution in [2.75, 3.05) is 46.5 Å². The van der Waals surface area contributed by atoms with E-state index < -0.39 is 0 Å². The summed E-state index contributed by atoms with van der Waals surface area (Å²) >= 11 is 0. The van der Waals surface area contributed by atoms with E-state index in [9.17, 15) is 5.11 Å². The average molecular weight is 258 g/mol. The maximum atomic E-state index is 9.56. The Morgan fingerprint density at radius 2 is 2.06 bits per heavy atom. The fraction of sp³-hybridized carbons (Fsp3) is 1.00. The number of hydrogen-bond donors (Lipinski definition) is 2. The number of likely N-dealkylation sites (N-methyl/N-ethyl adjacent to an activating group) is 1. The zero-order valence-corrected chi connectivity index (χ0v) is 12.2. The fourth-order valence-electron chi connectivity index (χ4n) is 2.62. The maximum Gasteiger partial charge on any atom is 0.0623 e. The molecule has 0 saturated carbocycles. The van der Waals surface area contributed by atoms with E-state index in [0.29, 0.717) is 0 Å². The van der Waals surface area contributed by atoms with Gasteiger partial charge < -0.3 is 20.1 Å². The van der Waals surface area contributed by atoms with Crippen LogP contribution < -0.4 is 5.32 Å². The van der Waals surface area contributed by atoms with Crippen LogP contribution in [0.15, 0.2) is 0 Å². The molecule has 1 rings (SSSR count). The summed E-state index contributed by atoms with van der Waals surface area (Å²) in [6, 6.07) is 0. The summed E-state index contributed by atoms with van der Waals surface area (Å²) in [7, 11) is 2.15. The zero-order chi connectivity index (χ0) is 13.4. The summed E-state index contributed by atoms with van der Waals surface area (Å²) in [5.41, 5.74) is -0.185. The Morgan fingerprint density at radius 3 is 2.61 bits per heavy atom. The van der Waals surface area contributed by atoms with Crippen LogP contribution in [0.2, 0.25) is 0 Å². The molecule has 0 aromatic carbocycles. The lowest BCUT2D eigenvalue weighted by Gasteiger charge is -2.35. The molecule has 1 saturated heterocycles. The third-order valence-corrected chi connectivity index (χ3v) is 3.68. The van der Waals surface area contributed by atoms with E-state index in [-0.39, 0.29) is 12.1 Å². The normalized spacial score (nSPS) is 21.2. The number of hydrogen-bond acceptors (Lipinski definition) is 4. The van der Waals surface area contributed by atoms with Gasteiger partial charge in [0.05, 0.1) is 12.1 Å². The number of nitrogens with one attached hydrogen (secondary N) is 1. The topological polar surface area (TPSA) is 44.7 Å². The summed E-state index contributed by atoms with van der Waals surface area (Å²) < 4.78 is 5.39. The first-order chi connectivity index (χ1) is 8.59. The minimum Gasteiger partial charge on any atom is -0.394 e. The first kappa shape index (κ1) is 15.9. The Morgan fingerprint density at radius 1 is 1.39 bits per heavy atom. The molecule has 0 bridgehead atoms. The first-order valence-corrected chi connectivity index (χ1v) is 7.22. The number of aliphatic hydroxyl groups is 1. The largest absolute Gasteiger partial charge is 0.394 e. The number of rotatable bonds is 8. The molecule has 0 spiro atoms. The van der Waals surface area contributed by atoms with Gasteiger partial charge in [-0.25, -0.2) is 0 Å². The molecule has 0 radical (unpaired) electrons. The van der Waals surface area contributed by atoms with Gasteiger partial charge >= 0.3 is 0 Å². The molecular formula is C14H30N2O2. The van der Waals surface area contributed by atoms with Crippen LogP contribution in [-0.4, -0.2) is 62.0 Å². The van der Waals surface area contributed by atoms with Crippen molar-refractivity contribution in [1.82, 2.24) is 10.2 Å². The third kappa shape index (κ3) is 5.65. The van der Waals surface area contributed by atoms with Gasteiger partial charge in [0.2, 0.25) is 0 Å². The predicted octanol–water partition coefficient (Wildman–Crippen LogP) is 1.10. The SMILES string of the molecule is CCCNC(C)(CO)CN(C)CC1CCOCC1.